The van der Waals surface area contributed by atoms with Crippen LogP contribution in [0.3, 0.4) is 0 Å². The summed E-state index contributed by atoms with van der Waals surface area (Å²) in [6.45, 7) is 0. The van der Waals surface area contributed by atoms with E-state index in [1.807, 2.05) is 0 Å². The number of guanidine groups is 1. The Bertz CT molecular complexity index is 471. The van der Waals surface area contributed by atoms with Crippen LogP contribution >= 0.6 is 23.9 Å². The van der Waals surface area contributed by atoms with Crippen LogP contribution in [-0.2, 0) is 20.2 Å². The first-order chi connectivity index (χ1) is 8.10. The van der Waals surface area contributed by atoms with Crippen LogP contribution in [0.1, 0.15) is 0 Å². The van der Waals surface area contributed by atoms with E-state index in [1.54, 1.807) is 0 Å². The second-order valence-corrected chi connectivity index (χ2v) is 7.73. The standard InChI is InChI=1S/C5H13N3O6S4/c6-5(7-15-1-3-17(9,10)11)8-16-2-4-18(12,13)14/h1-4H2,(H3,6,7,8)(H,9,10,11)(H,12,13,14). The van der Waals surface area contributed by atoms with Gasteiger partial charge in [0.15, 0.2) is 0 Å². The topological polar surface area (TPSA) is 159 Å². The Hall–Kier alpha value is -0.210. The third-order valence-electron chi connectivity index (χ3n) is 1.22. The molecule has 0 aromatic carbocycles. The van der Waals surface area contributed by atoms with Crippen LogP contribution in [0.25, 0.3) is 0 Å². The first-order valence-electron chi connectivity index (χ1n) is 4.34. The fourth-order valence-corrected chi connectivity index (χ4v) is 3.49. The molecule has 0 unspecified atom stereocenters. The van der Waals surface area contributed by atoms with Gasteiger partial charge in [0.1, 0.15) is 0 Å². The third kappa shape index (κ3) is 13.9. The summed E-state index contributed by atoms with van der Waals surface area (Å²) in [5.41, 5.74) is 5.35. The molecule has 13 heteroatoms. The van der Waals surface area contributed by atoms with Crippen molar-refractivity contribution >= 4 is 50.1 Å². The summed E-state index contributed by atoms with van der Waals surface area (Å²) in [6, 6.07) is 0. The largest absolute Gasteiger partial charge is 0.369 e. The lowest BCUT2D eigenvalue weighted by Crippen LogP contribution is -2.26. The Morgan fingerprint density at radius 3 is 2.11 bits per heavy atom. The molecule has 0 spiro atoms. The zero-order valence-corrected chi connectivity index (χ0v) is 12.3. The minimum absolute atomic E-state index is 0.0318. The molecule has 9 nitrogen and oxygen atoms in total. The van der Waals surface area contributed by atoms with E-state index in [4.69, 9.17) is 14.8 Å². The minimum Gasteiger partial charge on any atom is -0.369 e. The highest BCUT2D eigenvalue weighted by Crippen LogP contribution is 2.03. The van der Waals surface area contributed by atoms with Crippen LogP contribution in [0.15, 0.2) is 4.40 Å². The zero-order valence-electron chi connectivity index (χ0n) is 9.01. The summed E-state index contributed by atoms with van der Waals surface area (Å²) >= 11 is 1.76. The monoisotopic (exact) mass is 339 g/mol. The van der Waals surface area contributed by atoms with Crippen LogP contribution in [0.4, 0.5) is 0 Å². The van der Waals surface area contributed by atoms with E-state index in [2.05, 4.69) is 9.12 Å². The molecule has 0 fully saturated rings. The first-order valence-corrected chi connectivity index (χ1v) is 9.48. The quantitative estimate of drug-likeness (QED) is 0.141. The zero-order chi connectivity index (χ0) is 14.2. The summed E-state index contributed by atoms with van der Waals surface area (Å²) in [5, 5.41) is 0. The Kier molecular flexibility index (Phi) is 7.97. The van der Waals surface area contributed by atoms with Gasteiger partial charge in [-0.25, -0.2) is 0 Å². The maximum absolute atomic E-state index is 10.3. The normalized spacial score (nSPS) is 13.6. The van der Waals surface area contributed by atoms with Crippen molar-refractivity contribution < 1.29 is 25.9 Å². The Morgan fingerprint density at radius 1 is 1.11 bits per heavy atom. The molecular formula is C5H13N3O6S4. The van der Waals surface area contributed by atoms with Gasteiger partial charge in [-0.1, -0.05) is 0 Å². The fourth-order valence-electron chi connectivity index (χ4n) is 0.548. The minimum atomic E-state index is -4.01. The number of nitrogens with two attached hydrogens (primary N) is 1. The average Bonchev–Trinajstić information content (AvgIpc) is 2.17. The van der Waals surface area contributed by atoms with Crippen molar-refractivity contribution in [2.24, 2.45) is 10.1 Å². The molecule has 0 aliphatic carbocycles. The van der Waals surface area contributed by atoms with Crippen molar-refractivity contribution in [2.75, 3.05) is 23.0 Å². The van der Waals surface area contributed by atoms with Gasteiger partial charge < -0.3 is 5.73 Å². The highest BCUT2D eigenvalue weighted by molar-refractivity contribution is 8.00. The molecule has 0 heterocycles. The summed E-state index contributed by atoms with van der Waals surface area (Å²) in [5.74, 6) is -0.782. The van der Waals surface area contributed by atoms with E-state index in [1.165, 1.54) is 0 Å². The number of rotatable bonds is 8. The molecule has 0 radical (unpaired) electrons. The molecule has 5 N–H and O–H groups in total. The van der Waals surface area contributed by atoms with Crippen LogP contribution in [-0.4, -0.2) is 54.9 Å². The maximum Gasteiger partial charge on any atom is 0.265 e. The smallest absolute Gasteiger partial charge is 0.265 e. The van der Waals surface area contributed by atoms with Gasteiger partial charge >= 0.3 is 0 Å². The first kappa shape index (κ1) is 17.8. The Morgan fingerprint density at radius 2 is 1.61 bits per heavy atom. The Balaban J connectivity index is 3.73. The van der Waals surface area contributed by atoms with Gasteiger partial charge in [-0.2, -0.15) is 21.2 Å². The SMILES string of the molecule is NC(=NSCCS(=O)(=O)O)NSCCS(=O)(=O)O. The molecule has 0 saturated carbocycles. The molecule has 0 aromatic heterocycles. The Labute approximate surface area is 114 Å². The van der Waals surface area contributed by atoms with Gasteiger partial charge in [-0.15, -0.1) is 0 Å². The van der Waals surface area contributed by atoms with E-state index in [-0.39, 0.29) is 17.5 Å². The van der Waals surface area contributed by atoms with Crippen LogP contribution in [0.2, 0.25) is 0 Å². The lowest BCUT2D eigenvalue weighted by atomic mass is 11.0. The summed E-state index contributed by atoms with van der Waals surface area (Å²) in [6.07, 6.45) is 0. The average molecular weight is 339 g/mol. The molecule has 0 bridgehead atoms. The molecule has 0 aliphatic heterocycles. The van der Waals surface area contributed by atoms with Crippen LogP contribution < -0.4 is 10.5 Å². The molecule has 0 rings (SSSR count). The highest BCUT2D eigenvalue weighted by atomic mass is 32.2. The van der Waals surface area contributed by atoms with Gasteiger partial charge in [0.05, 0.1) is 11.5 Å². The van der Waals surface area contributed by atoms with Crippen molar-refractivity contribution in [3.05, 3.63) is 0 Å². The van der Waals surface area contributed by atoms with Crippen molar-refractivity contribution in [1.29, 1.82) is 0 Å². The lowest BCUT2D eigenvalue weighted by molar-refractivity contribution is 0.483. The molecule has 0 aromatic rings. The molecule has 108 valence electrons. The summed E-state index contributed by atoms with van der Waals surface area (Å²) < 4.78 is 64.4. The van der Waals surface area contributed by atoms with Crippen molar-refractivity contribution in [3.63, 3.8) is 0 Å². The van der Waals surface area contributed by atoms with Crippen LogP contribution in [0.5, 0.6) is 0 Å². The predicted octanol–water partition coefficient (Wildman–Crippen LogP) is -1.04. The highest BCUT2D eigenvalue weighted by Gasteiger charge is 2.05. The number of nitrogens with zero attached hydrogens (tertiary/aromatic N) is 1. The number of hydrogen-bond donors (Lipinski definition) is 4. The third-order valence-corrected chi connectivity index (χ3v) is 4.65. The molecule has 0 aliphatic rings. The number of nitrogens with one attached hydrogen (secondary N) is 1. The van der Waals surface area contributed by atoms with Gasteiger partial charge in [0.2, 0.25) is 5.96 Å². The summed E-state index contributed by atoms with van der Waals surface area (Å²) in [4.78, 5) is 0. The maximum atomic E-state index is 10.3. The van der Waals surface area contributed by atoms with Crippen LogP contribution in [0, 0.1) is 0 Å². The predicted molar refractivity (Wildman–Crippen MR) is 72.5 cm³/mol. The van der Waals surface area contributed by atoms with Gasteiger partial charge in [0.25, 0.3) is 20.2 Å². The number of hydrogen-bond acceptors (Lipinski definition) is 7. The molecule has 0 amide bonds. The molecule has 0 atom stereocenters. The van der Waals surface area contributed by atoms with E-state index in [0.717, 1.165) is 23.9 Å². The second-order valence-electron chi connectivity index (χ2n) is 2.83. The van der Waals surface area contributed by atoms with E-state index < -0.39 is 31.7 Å². The second kappa shape index (κ2) is 8.06. The fraction of sp³-hybridized carbons (Fsp3) is 0.800. The lowest BCUT2D eigenvalue weighted by Gasteiger charge is -2.02. The molecular weight excluding hydrogens is 326 g/mol. The van der Waals surface area contributed by atoms with Crippen molar-refractivity contribution in [3.8, 4) is 0 Å². The van der Waals surface area contributed by atoms with Crippen molar-refractivity contribution in [1.82, 2.24) is 4.72 Å². The summed E-state index contributed by atoms with van der Waals surface area (Å²) in [7, 11) is -8.01. The van der Waals surface area contributed by atoms with Gasteiger partial charge in [-0.05, 0) is 23.9 Å². The van der Waals surface area contributed by atoms with Gasteiger partial charge in [-0.3, -0.25) is 13.8 Å². The van der Waals surface area contributed by atoms with Gasteiger partial charge in [0, 0.05) is 11.5 Å². The van der Waals surface area contributed by atoms with E-state index in [0.29, 0.717) is 0 Å². The van der Waals surface area contributed by atoms with E-state index >= 15 is 0 Å². The molecule has 18 heavy (non-hydrogen) atoms. The van der Waals surface area contributed by atoms with E-state index in [9.17, 15) is 16.8 Å². The molecule has 0 saturated heterocycles. The van der Waals surface area contributed by atoms with Crippen molar-refractivity contribution in [2.45, 2.75) is 0 Å².